The highest BCUT2D eigenvalue weighted by Crippen LogP contribution is 2.43. The first-order valence-corrected chi connectivity index (χ1v) is 12.0. The van der Waals surface area contributed by atoms with Crippen LogP contribution < -0.4 is 11.1 Å². The molecule has 2 unspecified atom stereocenters. The van der Waals surface area contributed by atoms with Gasteiger partial charge in [0.05, 0.1) is 0 Å². The third-order valence-electron chi connectivity index (χ3n) is 6.73. The Labute approximate surface area is 168 Å². The van der Waals surface area contributed by atoms with E-state index in [2.05, 4.69) is 5.32 Å². The Morgan fingerprint density at radius 2 is 1.57 bits per heavy atom. The molecule has 8 nitrogen and oxygen atoms in total. The fraction of sp³-hybridized carbons (Fsp3) is 0.947. The smallest absolute Gasteiger partial charge is 0.407 e. The molecule has 0 aromatic carbocycles. The molecule has 1 saturated carbocycles. The third-order valence-corrected chi connectivity index (χ3v) is 8.81. The van der Waals surface area contributed by atoms with Gasteiger partial charge in [-0.3, -0.25) is 0 Å². The van der Waals surface area contributed by atoms with Crippen LogP contribution in [0, 0.1) is 11.8 Å². The second-order valence-electron chi connectivity index (χ2n) is 10.1. The molecule has 0 aromatic rings. The fourth-order valence-corrected chi connectivity index (χ4v) is 7.89. The van der Waals surface area contributed by atoms with Gasteiger partial charge in [-0.1, -0.05) is 0 Å². The molecule has 9 heteroatoms. The van der Waals surface area contributed by atoms with Gasteiger partial charge in [0, 0.05) is 37.3 Å². The summed E-state index contributed by atoms with van der Waals surface area (Å²) in [5.74, 6) is 0.610. The van der Waals surface area contributed by atoms with Gasteiger partial charge in [-0.2, -0.15) is 17.0 Å². The van der Waals surface area contributed by atoms with Crippen molar-refractivity contribution in [3.8, 4) is 0 Å². The topological polar surface area (TPSA) is 105 Å². The molecule has 4 aliphatic rings. The zero-order chi connectivity index (χ0) is 20.3. The van der Waals surface area contributed by atoms with E-state index in [1.807, 2.05) is 20.8 Å². The van der Waals surface area contributed by atoms with Gasteiger partial charge in [-0.15, -0.1) is 0 Å². The summed E-state index contributed by atoms with van der Waals surface area (Å²) < 4.78 is 35.5. The lowest BCUT2D eigenvalue weighted by molar-refractivity contribution is 0.0503. The minimum Gasteiger partial charge on any atom is -0.444 e. The summed E-state index contributed by atoms with van der Waals surface area (Å²) in [6, 6.07) is 0.335. The first-order chi connectivity index (χ1) is 13.0. The van der Waals surface area contributed by atoms with E-state index >= 15 is 0 Å². The maximum Gasteiger partial charge on any atom is 0.407 e. The Bertz CT molecular complexity index is 694. The van der Waals surface area contributed by atoms with Crippen molar-refractivity contribution in [3.05, 3.63) is 0 Å². The summed E-state index contributed by atoms with van der Waals surface area (Å²) in [4.78, 5) is 12.0. The predicted molar refractivity (Wildman–Crippen MR) is 106 cm³/mol. The van der Waals surface area contributed by atoms with Crippen LogP contribution >= 0.6 is 0 Å². The molecule has 28 heavy (non-hydrogen) atoms. The van der Waals surface area contributed by atoms with E-state index < -0.39 is 15.8 Å². The molecule has 0 spiro atoms. The van der Waals surface area contributed by atoms with E-state index in [0.29, 0.717) is 24.9 Å². The van der Waals surface area contributed by atoms with Crippen LogP contribution in [0.3, 0.4) is 0 Å². The van der Waals surface area contributed by atoms with Crippen molar-refractivity contribution in [1.29, 1.82) is 0 Å². The summed E-state index contributed by atoms with van der Waals surface area (Å²) in [6.45, 7) is 6.65. The number of fused-ring (bicyclic) bond motifs is 3. The van der Waals surface area contributed by atoms with Crippen molar-refractivity contribution in [2.75, 3.05) is 13.1 Å². The van der Waals surface area contributed by atoms with E-state index in [9.17, 15) is 13.2 Å². The number of carbonyl (C=O) groups excluding carboxylic acids is 1. The van der Waals surface area contributed by atoms with Crippen LogP contribution in [0.15, 0.2) is 0 Å². The molecule has 160 valence electrons. The molecule has 1 aliphatic carbocycles. The molecule has 3 saturated heterocycles. The fourth-order valence-electron chi connectivity index (χ4n) is 5.72. The van der Waals surface area contributed by atoms with Gasteiger partial charge in [-0.05, 0) is 71.1 Å². The number of amides is 1. The third kappa shape index (κ3) is 3.91. The highest BCUT2D eigenvalue weighted by molar-refractivity contribution is 7.86. The molecule has 2 bridgehead atoms. The number of hydrogen-bond acceptors (Lipinski definition) is 5. The quantitative estimate of drug-likeness (QED) is 0.727. The monoisotopic (exact) mass is 414 g/mol. The van der Waals surface area contributed by atoms with E-state index in [1.54, 1.807) is 8.61 Å². The standard InChI is InChI=1S/C19H34N4O4S/c1-19(2,3)27-18(24)21-15-6-12-10-22(11-13(12)7-15)28(25,26)23-16-4-5-17(23)9-14(20)8-16/h12-17H,4-11,20H2,1-3H3,(H,21,24)/t12-,13+,14?,15?,16-,17+. The molecule has 3 aliphatic heterocycles. The number of rotatable bonds is 3. The number of piperidine rings is 1. The Balaban J connectivity index is 1.34. The van der Waals surface area contributed by atoms with Gasteiger partial charge >= 0.3 is 6.09 Å². The van der Waals surface area contributed by atoms with Crippen molar-refractivity contribution in [2.45, 2.75) is 89.1 Å². The average molecular weight is 415 g/mol. The molecule has 3 N–H and O–H groups in total. The maximum absolute atomic E-state index is 13.3. The molecular formula is C19H34N4O4S. The minimum absolute atomic E-state index is 0.0684. The van der Waals surface area contributed by atoms with Crippen LogP contribution in [0.25, 0.3) is 0 Å². The predicted octanol–water partition coefficient (Wildman–Crippen LogP) is 1.42. The van der Waals surface area contributed by atoms with Crippen LogP contribution in [-0.2, 0) is 14.9 Å². The number of alkyl carbamates (subject to hydrolysis) is 1. The highest BCUT2D eigenvalue weighted by Gasteiger charge is 2.52. The minimum atomic E-state index is -3.43. The molecule has 0 aromatic heterocycles. The van der Waals surface area contributed by atoms with Gasteiger partial charge < -0.3 is 15.8 Å². The van der Waals surface area contributed by atoms with Crippen LogP contribution in [0.4, 0.5) is 4.79 Å². The Morgan fingerprint density at radius 3 is 2.07 bits per heavy atom. The van der Waals surface area contributed by atoms with Gasteiger partial charge in [-0.25, -0.2) is 4.79 Å². The van der Waals surface area contributed by atoms with Crippen LogP contribution in [-0.4, -0.2) is 66.0 Å². The number of ether oxygens (including phenoxy) is 1. The second-order valence-corrected chi connectivity index (χ2v) is 11.9. The van der Waals surface area contributed by atoms with Crippen LogP contribution in [0.1, 0.15) is 59.3 Å². The van der Waals surface area contributed by atoms with Gasteiger partial charge in [0.15, 0.2) is 0 Å². The van der Waals surface area contributed by atoms with Crippen LogP contribution in [0.2, 0.25) is 0 Å². The average Bonchev–Trinajstić information content (AvgIpc) is 3.16. The zero-order valence-electron chi connectivity index (χ0n) is 17.1. The normalized spacial score (nSPS) is 39.1. The first-order valence-electron chi connectivity index (χ1n) is 10.6. The lowest BCUT2D eigenvalue weighted by atomic mass is 10.0. The highest BCUT2D eigenvalue weighted by atomic mass is 32.2. The largest absolute Gasteiger partial charge is 0.444 e. The van der Waals surface area contributed by atoms with Gasteiger partial charge in [0.1, 0.15) is 5.60 Å². The Morgan fingerprint density at radius 1 is 1.04 bits per heavy atom. The summed E-state index contributed by atoms with van der Waals surface area (Å²) in [5.41, 5.74) is 5.59. The van der Waals surface area contributed by atoms with Gasteiger partial charge in [0.2, 0.25) is 0 Å². The number of nitrogens with one attached hydrogen (secondary N) is 1. The number of hydrogen-bond donors (Lipinski definition) is 2. The van der Waals surface area contributed by atoms with E-state index in [-0.39, 0.29) is 30.3 Å². The van der Waals surface area contributed by atoms with Crippen LogP contribution in [0.5, 0.6) is 0 Å². The summed E-state index contributed by atoms with van der Waals surface area (Å²) in [5, 5.41) is 2.96. The maximum atomic E-state index is 13.3. The Kier molecular flexibility index (Phi) is 5.17. The molecule has 6 atom stereocenters. The second kappa shape index (κ2) is 7.11. The summed E-state index contributed by atoms with van der Waals surface area (Å²) >= 11 is 0. The van der Waals surface area contributed by atoms with Crippen molar-refractivity contribution < 1.29 is 17.9 Å². The number of nitrogens with two attached hydrogens (primary N) is 1. The molecule has 0 radical (unpaired) electrons. The summed E-state index contributed by atoms with van der Waals surface area (Å²) in [6.07, 6.45) is 4.65. The zero-order valence-corrected chi connectivity index (χ0v) is 18.0. The van der Waals surface area contributed by atoms with E-state index in [4.69, 9.17) is 10.5 Å². The van der Waals surface area contributed by atoms with E-state index in [1.165, 1.54) is 0 Å². The van der Waals surface area contributed by atoms with Gasteiger partial charge in [0.25, 0.3) is 10.2 Å². The van der Waals surface area contributed by atoms with Crippen molar-refractivity contribution in [2.24, 2.45) is 17.6 Å². The van der Waals surface area contributed by atoms with Crippen molar-refractivity contribution in [1.82, 2.24) is 13.9 Å². The Hall–Kier alpha value is -0.900. The molecule has 4 fully saturated rings. The molecule has 1 amide bonds. The number of carbonyl (C=O) groups is 1. The van der Waals surface area contributed by atoms with Crippen molar-refractivity contribution in [3.63, 3.8) is 0 Å². The van der Waals surface area contributed by atoms with Crippen molar-refractivity contribution >= 4 is 16.3 Å². The summed E-state index contributed by atoms with van der Waals surface area (Å²) in [7, 11) is -3.43. The number of nitrogens with zero attached hydrogens (tertiary/aromatic N) is 2. The lowest BCUT2D eigenvalue weighted by Gasteiger charge is -2.38. The molecule has 3 heterocycles. The molecular weight excluding hydrogens is 380 g/mol. The SMILES string of the molecule is CC(C)(C)OC(=O)NC1C[C@@H]2CN(S(=O)(=O)N3[C@@H]4CC[C@H]3CC(N)C4)C[C@@H]2C1. The lowest BCUT2D eigenvalue weighted by Crippen LogP contribution is -2.54. The van der Waals surface area contributed by atoms with E-state index in [0.717, 1.165) is 38.5 Å². The first kappa shape index (κ1) is 20.4. The molecule has 4 rings (SSSR count).